The van der Waals surface area contributed by atoms with Crippen molar-refractivity contribution in [1.29, 1.82) is 0 Å². The van der Waals surface area contributed by atoms with E-state index in [1.807, 2.05) is 0 Å². The molecule has 2 aromatic rings. The van der Waals surface area contributed by atoms with Crippen molar-refractivity contribution in [2.75, 3.05) is 0 Å². The first-order chi connectivity index (χ1) is 15.3. The van der Waals surface area contributed by atoms with Crippen LogP contribution in [0.2, 0.25) is 0 Å². The molecule has 0 unspecified atom stereocenters. The summed E-state index contributed by atoms with van der Waals surface area (Å²) in [5.74, 6) is 0. The molecule has 1 nitrogen and oxygen atoms in total. The fourth-order valence-electron chi connectivity index (χ4n) is 4.60. The summed E-state index contributed by atoms with van der Waals surface area (Å²) in [5.41, 5.74) is 2.43. The van der Waals surface area contributed by atoms with Crippen LogP contribution in [0, 0.1) is 0 Å². The van der Waals surface area contributed by atoms with E-state index < -0.39 is 4.87 Å². The lowest BCUT2D eigenvalue weighted by molar-refractivity contribution is 0.518. The van der Waals surface area contributed by atoms with Gasteiger partial charge in [-0.3, -0.25) is 0 Å². The van der Waals surface area contributed by atoms with Crippen LogP contribution in [0.3, 0.4) is 0 Å². The number of hydrogen-bond acceptors (Lipinski definition) is 1. The van der Waals surface area contributed by atoms with Crippen LogP contribution in [0.4, 0.5) is 0 Å². The number of rotatable bonds is 18. The van der Waals surface area contributed by atoms with E-state index in [0.29, 0.717) is 0 Å². The average molecular weight is 458 g/mol. The quantitative estimate of drug-likeness (QED) is 0.175. The molecule has 0 atom stereocenters. The van der Waals surface area contributed by atoms with Gasteiger partial charge >= 0.3 is 0 Å². The molecule has 0 radical (unpaired) electrons. The van der Waals surface area contributed by atoms with Gasteiger partial charge < -0.3 is 6.15 Å². The van der Waals surface area contributed by atoms with E-state index >= 15 is 0 Å². The minimum absolute atomic E-state index is 0. The summed E-state index contributed by atoms with van der Waals surface area (Å²) in [6, 6.07) is 21.2. The van der Waals surface area contributed by atoms with Crippen molar-refractivity contribution in [3.63, 3.8) is 0 Å². The topological polar surface area (TPSA) is 35.0 Å². The fourth-order valence-corrected chi connectivity index (χ4v) is 4.99. The van der Waals surface area contributed by atoms with E-state index in [-0.39, 0.29) is 6.15 Å². The molecule has 0 fully saturated rings. The van der Waals surface area contributed by atoms with Gasteiger partial charge in [-0.1, -0.05) is 164 Å². The smallest absolute Gasteiger partial charge is 0.0944 e. The number of halogens is 1. The molecule has 0 bridgehead atoms. The molecule has 0 aliphatic rings. The van der Waals surface area contributed by atoms with Gasteiger partial charge in [0, 0.05) is 0 Å². The summed E-state index contributed by atoms with van der Waals surface area (Å²) in [4.78, 5) is -0.404. The van der Waals surface area contributed by atoms with Crippen LogP contribution >= 0.6 is 11.6 Å². The second-order valence-corrected chi connectivity index (χ2v) is 9.88. The lowest BCUT2D eigenvalue weighted by atomic mass is 9.85. The number of unbranched alkanes of at least 4 members (excludes halogenated alkanes) is 14. The molecular formula is C30H48ClN. The molecule has 32 heavy (non-hydrogen) atoms. The van der Waals surface area contributed by atoms with Crippen molar-refractivity contribution in [1.82, 2.24) is 6.15 Å². The van der Waals surface area contributed by atoms with E-state index in [9.17, 15) is 0 Å². The van der Waals surface area contributed by atoms with Gasteiger partial charge in [0.2, 0.25) is 0 Å². The zero-order chi connectivity index (χ0) is 22.0. The number of hydrogen-bond donors (Lipinski definition) is 1. The maximum Gasteiger partial charge on any atom is 0.0944 e. The van der Waals surface area contributed by atoms with E-state index in [2.05, 4.69) is 67.6 Å². The van der Waals surface area contributed by atoms with Crippen LogP contribution < -0.4 is 6.15 Å². The van der Waals surface area contributed by atoms with Gasteiger partial charge in [0.1, 0.15) is 0 Å². The Morgan fingerprint density at radius 3 is 1.16 bits per heavy atom. The van der Waals surface area contributed by atoms with E-state index in [1.165, 1.54) is 107 Å². The number of benzene rings is 2. The van der Waals surface area contributed by atoms with Crippen molar-refractivity contribution >= 4 is 11.6 Å². The SMILES string of the molecule is CCCCCCCCCCCCCCCCCC(Cl)(c1ccccc1)c1ccccc1.N. The Morgan fingerprint density at radius 1 is 0.500 bits per heavy atom. The summed E-state index contributed by atoms with van der Waals surface area (Å²) in [6.45, 7) is 2.29. The summed E-state index contributed by atoms with van der Waals surface area (Å²) >= 11 is 7.25. The molecule has 0 heterocycles. The fraction of sp³-hybridized carbons (Fsp3) is 0.600. The van der Waals surface area contributed by atoms with Crippen LogP contribution in [-0.2, 0) is 4.87 Å². The standard InChI is InChI=1S/C30H45Cl.H3N/c1-2-3-4-5-6-7-8-9-10-11-12-13-14-15-22-27-30(31,28-23-18-16-19-24-28)29-25-20-17-21-26-29;/h16-21,23-26H,2-15,22,27H2,1H3;1H3. The molecule has 0 amide bonds. The average Bonchev–Trinajstić information content (AvgIpc) is 2.82. The third kappa shape index (κ3) is 11.0. The maximum absolute atomic E-state index is 7.25. The first kappa shape index (κ1) is 28.7. The van der Waals surface area contributed by atoms with E-state index in [4.69, 9.17) is 11.6 Å². The highest BCUT2D eigenvalue weighted by atomic mass is 35.5. The lowest BCUT2D eigenvalue weighted by Crippen LogP contribution is -2.20. The maximum atomic E-state index is 7.25. The minimum Gasteiger partial charge on any atom is -0.344 e. The van der Waals surface area contributed by atoms with Gasteiger partial charge in [0.05, 0.1) is 4.87 Å². The second kappa shape index (κ2) is 18.2. The summed E-state index contributed by atoms with van der Waals surface area (Å²) < 4.78 is 0. The molecule has 0 spiro atoms. The Morgan fingerprint density at radius 2 is 0.812 bits per heavy atom. The van der Waals surface area contributed by atoms with Crippen molar-refractivity contribution in [2.24, 2.45) is 0 Å². The molecule has 0 aliphatic carbocycles. The monoisotopic (exact) mass is 457 g/mol. The Bertz CT molecular complexity index is 616. The largest absolute Gasteiger partial charge is 0.344 e. The highest BCUT2D eigenvalue weighted by Crippen LogP contribution is 2.41. The molecule has 180 valence electrons. The summed E-state index contributed by atoms with van der Waals surface area (Å²) in [7, 11) is 0. The van der Waals surface area contributed by atoms with E-state index in [1.54, 1.807) is 0 Å². The molecule has 0 saturated heterocycles. The predicted octanol–water partition coefficient (Wildman–Crippen LogP) is 10.6. The molecular weight excluding hydrogens is 410 g/mol. The molecule has 2 aromatic carbocycles. The minimum atomic E-state index is -0.404. The van der Waals surface area contributed by atoms with Gasteiger partial charge in [-0.05, 0) is 17.5 Å². The van der Waals surface area contributed by atoms with Gasteiger partial charge in [-0.15, -0.1) is 11.6 Å². The first-order valence-corrected chi connectivity index (χ1v) is 13.4. The van der Waals surface area contributed by atoms with Gasteiger partial charge in [-0.25, -0.2) is 0 Å². The zero-order valence-electron chi connectivity index (χ0n) is 20.7. The molecule has 0 aliphatic heterocycles. The predicted molar refractivity (Wildman–Crippen MR) is 144 cm³/mol. The molecule has 0 saturated carbocycles. The summed E-state index contributed by atoms with van der Waals surface area (Å²) in [5, 5.41) is 0. The molecule has 2 rings (SSSR count). The van der Waals surface area contributed by atoms with Crippen LogP contribution in [0.25, 0.3) is 0 Å². The Hall–Kier alpha value is -1.31. The highest BCUT2D eigenvalue weighted by molar-refractivity contribution is 6.26. The second-order valence-electron chi connectivity index (χ2n) is 9.23. The van der Waals surface area contributed by atoms with Crippen LogP contribution in [0.15, 0.2) is 60.7 Å². The van der Waals surface area contributed by atoms with Gasteiger partial charge in [-0.2, -0.15) is 0 Å². The van der Waals surface area contributed by atoms with Crippen molar-refractivity contribution in [3.8, 4) is 0 Å². The zero-order valence-corrected chi connectivity index (χ0v) is 21.4. The Kier molecular flexibility index (Phi) is 16.3. The third-order valence-corrected chi connectivity index (χ3v) is 7.21. The van der Waals surface area contributed by atoms with Crippen molar-refractivity contribution in [3.05, 3.63) is 71.8 Å². The van der Waals surface area contributed by atoms with Crippen LogP contribution in [-0.4, -0.2) is 0 Å². The first-order valence-electron chi connectivity index (χ1n) is 13.1. The number of alkyl halides is 1. The van der Waals surface area contributed by atoms with Crippen molar-refractivity contribution < 1.29 is 0 Å². The normalized spacial score (nSPS) is 11.3. The Labute approximate surface area is 203 Å². The van der Waals surface area contributed by atoms with Crippen LogP contribution in [0.5, 0.6) is 0 Å². The van der Waals surface area contributed by atoms with E-state index in [0.717, 1.165) is 6.42 Å². The van der Waals surface area contributed by atoms with Gasteiger partial charge in [0.15, 0.2) is 0 Å². The van der Waals surface area contributed by atoms with Crippen LogP contribution in [0.1, 0.15) is 121 Å². The summed E-state index contributed by atoms with van der Waals surface area (Å²) in [6.07, 6.45) is 21.9. The lowest BCUT2D eigenvalue weighted by Gasteiger charge is -2.28. The molecule has 2 heteroatoms. The Balaban J connectivity index is 0.00000512. The molecule has 0 aromatic heterocycles. The highest BCUT2D eigenvalue weighted by Gasteiger charge is 2.30. The molecule has 3 N–H and O–H groups in total. The van der Waals surface area contributed by atoms with Crippen molar-refractivity contribution in [2.45, 2.75) is 115 Å². The third-order valence-electron chi connectivity index (χ3n) is 6.59. The van der Waals surface area contributed by atoms with Gasteiger partial charge in [0.25, 0.3) is 0 Å².